The molecule has 0 radical (unpaired) electrons. The summed E-state index contributed by atoms with van der Waals surface area (Å²) in [5.74, 6) is 0. The van der Waals surface area contributed by atoms with Gasteiger partial charge in [0.05, 0.1) is 13.2 Å². The molecule has 0 unspecified atom stereocenters. The van der Waals surface area contributed by atoms with Gasteiger partial charge >= 0.3 is 0 Å². The number of hydrogen-bond acceptors (Lipinski definition) is 3. The second-order valence-electron chi connectivity index (χ2n) is 4.22. The van der Waals surface area contributed by atoms with Gasteiger partial charge in [0, 0.05) is 20.1 Å². The molecule has 0 spiro atoms. The van der Waals surface area contributed by atoms with Gasteiger partial charge in [0.25, 0.3) is 16.6 Å². The lowest BCUT2D eigenvalue weighted by atomic mass is 10.2. The Morgan fingerprint density at radius 3 is 2.35 bits per heavy atom. The number of nitrogens with zero attached hydrogens (tertiary/aromatic N) is 2. The normalized spacial score (nSPS) is 12.6. The Kier molecular flexibility index (Phi) is 6.47. The number of benzene rings is 1. The largest absolute Gasteiger partial charge is 0.395 e. The Morgan fingerprint density at radius 1 is 1.25 bits per heavy atom. The van der Waals surface area contributed by atoms with E-state index in [1.54, 1.807) is 30.3 Å². The summed E-state index contributed by atoms with van der Waals surface area (Å²) in [5, 5.41) is 8.81. The molecule has 0 saturated carbocycles. The zero-order chi connectivity index (χ0) is 15.2. The second kappa shape index (κ2) is 7.63. The average molecular weight is 308 g/mol. The van der Waals surface area contributed by atoms with Crippen molar-refractivity contribution in [2.45, 2.75) is 13.0 Å². The van der Waals surface area contributed by atoms with Crippen molar-refractivity contribution in [2.75, 3.05) is 26.7 Å². The lowest BCUT2D eigenvalue weighted by Gasteiger charge is -2.26. The first kappa shape index (κ1) is 17.0. The van der Waals surface area contributed by atoms with Crippen LogP contribution in [0.2, 0.25) is 0 Å². The van der Waals surface area contributed by atoms with Crippen LogP contribution in [-0.2, 0) is 16.8 Å². The van der Waals surface area contributed by atoms with E-state index in [1.807, 2.05) is 0 Å². The van der Waals surface area contributed by atoms with E-state index in [4.69, 9.17) is 5.11 Å². The van der Waals surface area contributed by atoms with Crippen molar-refractivity contribution >= 4 is 10.2 Å². The first-order valence-electron chi connectivity index (χ1n) is 6.02. The van der Waals surface area contributed by atoms with Gasteiger partial charge < -0.3 is 5.11 Å². The van der Waals surface area contributed by atoms with Crippen molar-refractivity contribution in [3.63, 3.8) is 0 Å². The molecule has 1 aromatic rings. The van der Waals surface area contributed by atoms with Crippen LogP contribution < -0.4 is 0 Å². The molecule has 0 aliphatic carbocycles. The van der Waals surface area contributed by atoms with E-state index in [0.717, 1.165) is 9.87 Å². The lowest BCUT2D eigenvalue weighted by Crippen LogP contribution is -2.45. The molecule has 0 amide bonds. The Bertz CT molecular complexity index is 497. The molecule has 0 atom stereocenters. The molecule has 0 aromatic heterocycles. The van der Waals surface area contributed by atoms with Crippen molar-refractivity contribution in [1.82, 2.24) is 8.61 Å². The minimum atomic E-state index is -4.03. The summed E-state index contributed by atoms with van der Waals surface area (Å²) in [6, 6.07) is 8.82. The van der Waals surface area contributed by atoms with Crippen LogP contribution in [0.15, 0.2) is 30.3 Å². The molecular formula is C12H18F2N2O3S. The monoisotopic (exact) mass is 308 g/mol. The number of aliphatic hydroxyl groups is 1. The van der Waals surface area contributed by atoms with Crippen molar-refractivity contribution in [2.24, 2.45) is 0 Å². The highest BCUT2D eigenvalue weighted by Gasteiger charge is 2.28. The maximum absolute atomic E-state index is 12.4. The minimum absolute atomic E-state index is 0.0777. The maximum Gasteiger partial charge on any atom is 0.282 e. The Balaban J connectivity index is 2.83. The van der Waals surface area contributed by atoms with Gasteiger partial charge in [-0.25, -0.2) is 8.78 Å². The van der Waals surface area contributed by atoms with Gasteiger partial charge in [0.2, 0.25) is 0 Å². The summed E-state index contributed by atoms with van der Waals surface area (Å²) in [7, 11) is -2.71. The zero-order valence-corrected chi connectivity index (χ0v) is 11.9. The predicted molar refractivity (Wildman–Crippen MR) is 71.5 cm³/mol. The highest BCUT2D eigenvalue weighted by atomic mass is 32.2. The number of alkyl halides is 2. The lowest BCUT2D eigenvalue weighted by molar-refractivity contribution is 0.110. The van der Waals surface area contributed by atoms with Crippen LogP contribution in [0.3, 0.4) is 0 Å². The van der Waals surface area contributed by atoms with Gasteiger partial charge in [-0.2, -0.15) is 17.0 Å². The van der Waals surface area contributed by atoms with Gasteiger partial charge in [-0.3, -0.25) is 0 Å². The highest BCUT2D eigenvalue weighted by Crippen LogP contribution is 2.12. The van der Waals surface area contributed by atoms with E-state index in [9.17, 15) is 17.2 Å². The van der Waals surface area contributed by atoms with Crippen LogP contribution in [0.25, 0.3) is 0 Å². The fourth-order valence-electron chi connectivity index (χ4n) is 1.69. The van der Waals surface area contributed by atoms with Crippen LogP contribution in [0, 0.1) is 0 Å². The van der Waals surface area contributed by atoms with E-state index < -0.39 is 29.8 Å². The summed E-state index contributed by atoms with van der Waals surface area (Å²) in [6.45, 7) is -1.71. The summed E-state index contributed by atoms with van der Waals surface area (Å²) in [6.07, 6.45) is -2.79. The van der Waals surface area contributed by atoms with Crippen molar-refractivity contribution in [3.8, 4) is 0 Å². The van der Waals surface area contributed by atoms with E-state index in [0.29, 0.717) is 4.31 Å². The summed E-state index contributed by atoms with van der Waals surface area (Å²) >= 11 is 0. The second-order valence-corrected chi connectivity index (χ2v) is 6.26. The molecule has 1 rings (SSSR count). The number of halogens is 2. The number of rotatable bonds is 8. The van der Waals surface area contributed by atoms with Crippen LogP contribution in [-0.4, -0.2) is 55.3 Å². The molecule has 0 heterocycles. The van der Waals surface area contributed by atoms with E-state index in [2.05, 4.69) is 0 Å². The third-order valence-electron chi connectivity index (χ3n) is 2.66. The third-order valence-corrected chi connectivity index (χ3v) is 4.56. The van der Waals surface area contributed by atoms with Gasteiger partial charge in [0.15, 0.2) is 0 Å². The SMILES string of the molecule is CN(Cc1ccccc1)S(=O)(=O)N(CCO)CC(F)F. The van der Waals surface area contributed by atoms with E-state index in [-0.39, 0.29) is 13.1 Å². The predicted octanol–water partition coefficient (Wildman–Crippen LogP) is 0.923. The Labute approximate surface area is 117 Å². The first-order chi connectivity index (χ1) is 9.37. The fourth-order valence-corrected chi connectivity index (χ4v) is 3.01. The smallest absolute Gasteiger partial charge is 0.282 e. The third kappa shape index (κ3) is 4.78. The van der Waals surface area contributed by atoms with Crippen LogP contribution in [0.1, 0.15) is 5.56 Å². The van der Waals surface area contributed by atoms with Gasteiger partial charge in [0.1, 0.15) is 0 Å². The molecule has 0 aliphatic rings. The summed E-state index contributed by atoms with van der Waals surface area (Å²) in [4.78, 5) is 0. The molecule has 114 valence electrons. The van der Waals surface area contributed by atoms with Crippen LogP contribution in [0.5, 0.6) is 0 Å². The zero-order valence-electron chi connectivity index (χ0n) is 11.1. The molecule has 0 bridgehead atoms. The topological polar surface area (TPSA) is 60.9 Å². The van der Waals surface area contributed by atoms with E-state index in [1.165, 1.54) is 7.05 Å². The number of hydrogen-bond donors (Lipinski definition) is 1. The first-order valence-corrected chi connectivity index (χ1v) is 7.42. The Morgan fingerprint density at radius 2 is 1.85 bits per heavy atom. The fraction of sp³-hybridized carbons (Fsp3) is 0.500. The maximum atomic E-state index is 12.4. The van der Waals surface area contributed by atoms with Crippen LogP contribution >= 0.6 is 0 Å². The highest BCUT2D eigenvalue weighted by molar-refractivity contribution is 7.86. The molecule has 20 heavy (non-hydrogen) atoms. The minimum Gasteiger partial charge on any atom is -0.395 e. The van der Waals surface area contributed by atoms with Crippen molar-refractivity contribution < 1.29 is 22.3 Å². The molecule has 0 saturated heterocycles. The van der Waals surface area contributed by atoms with Crippen LogP contribution in [0.4, 0.5) is 8.78 Å². The molecule has 5 nitrogen and oxygen atoms in total. The average Bonchev–Trinajstić information content (AvgIpc) is 2.38. The van der Waals surface area contributed by atoms with E-state index >= 15 is 0 Å². The molecule has 1 N–H and O–H groups in total. The molecule has 0 fully saturated rings. The molecule has 1 aromatic carbocycles. The van der Waals surface area contributed by atoms with Gasteiger partial charge in [-0.15, -0.1) is 0 Å². The van der Waals surface area contributed by atoms with Crippen molar-refractivity contribution in [1.29, 1.82) is 0 Å². The number of aliphatic hydroxyl groups excluding tert-OH is 1. The molecule has 8 heteroatoms. The van der Waals surface area contributed by atoms with Gasteiger partial charge in [-0.1, -0.05) is 30.3 Å². The molecule has 0 aliphatic heterocycles. The standard InChI is InChI=1S/C12H18F2N2O3S/c1-15(9-11-5-3-2-4-6-11)20(18,19)16(7-8-17)10-12(13)14/h2-6,12,17H,7-10H2,1H3. The van der Waals surface area contributed by atoms with Crippen molar-refractivity contribution in [3.05, 3.63) is 35.9 Å². The van der Waals surface area contributed by atoms with Gasteiger partial charge in [-0.05, 0) is 5.56 Å². The summed E-state index contributed by atoms with van der Waals surface area (Å²) < 4.78 is 50.8. The quantitative estimate of drug-likeness (QED) is 0.777. The molecular weight excluding hydrogens is 290 g/mol. The Hall–Kier alpha value is -1.09. The summed E-state index contributed by atoms with van der Waals surface area (Å²) in [5.41, 5.74) is 0.750.